The molecule has 0 saturated heterocycles. The number of nitrogens with zero attached hydrogens (tertiary/aromatic N) is 1. The standard InChI is InChI=1S/C15H13NO4/c1-16(13-7-3-2-6-12(13)15(18)19)14(17)9-8-11-5-4-10-20-11/h2-10H,1H3,(H,18,19)/b9-8+. The van der Waals surface area contributed by atoms with Gasteiger partial charge in [0.2, 0.25) is 0 Å². The molecule has 102 valence electrons. The maximum absolute atomic E-state index is 12.0. The number of amides is 1. The Morgan fingerprint density at radius 1 is 1.20 bits per heavy atom. The molecule has 0 unspecified atom stereocenters. The van der Waals surface area contributed by atoms with E-state index in [1.165, 1.54) is 36.4 Å². The Labute approximate surface area is 115 Å². The van der Waals surface area contributed by atoms with Crippen molar-refractivity contribution in [1.29, 1.82) is 0 Å². The molecule has 1 N–H and O–H groups in total. The zero-order chi connectivity index (χ0) is 14.5. The Kier molecular flexibility index (Phi) is 4.00. The third-order valence-electron chi connectivity index (χ3n) is 2.76. The summed E-state index contributed by atoms with van der Waals surface area (Å²) < 4.78 is 5.08. The van der Waals surface area contributed by atoms with Crippen LogP contribution < -0.4 is 4.90 Å². The van der Waals surface area contributed by atoms with Gasteiger partial charge >= 0.3 is 5.97 Å². The van der Waals surface area contributed by atoms with Crippen LogP contribution in [0.5, 0.6) is 0 Å². The quantitative estimate of drug-likeness (QED) is 0.868. The number of anilines is 1. The van der Waals surface area contributed by atoms with E-state index >= 15 is 0 Å². The molecule has 1 aromatic heterocycles. The molecule has 5 heteroatoms. The van der Waals surface area contributed by atoms with Gasteiger partial charge in [0.05, 0.1) is 17.5 Å². The second-order valence-electron chi connectivity index (χ2n) is 4.07. The Balaban J connectivity index is 2.21. The van der Waals surface area contributed by atoms with Crippen LogP contribution in [0.4, 0.5) is 5.69 Å². The molecule has 5 nitrogen and oxygen atoms in total. The third kappa shape index (κ3) is 2.95. The molecule has 1 amide bonds. The van der Waals surface area contributed by atoms with E-state index in [9.17, 15) is 9.59 Å². The second-order valence-corrected chi connectivity index (χ2v) is 4.07. The second kappa shape index (κ2) is 5.88. The minimum Gasteiger partial charge on any atom is -0.478 e. The van der Waals surface area contributed by atoms with E-state index < -0.39 is 5.97 Å². The molecule has 20 heavy (non-hydrogen) atoms. The average molecular weight is 271 g/mol. The number of carboxylic acids is 1. The number of benzene rings is 1. The fraction of sp³-hybridized carbons (Fsp3) is 0.0667. The van der Waals surface area contributed by atoms with Crippen molar-refractivity contribution < 1.29 is 19.1 Å². The summed E-state index contributed by atoms with van der Waals surface area (Å²) in [5.41, 5.74) is 0.420. The van der Waals surface area contributed by atoms with Crippen molar-refractivity contribution in [3.63, 3.8) is 0 Å². The number of carboxylic acid groups (broad SMARTS) is 1. The Bertz CT molecular complexity index is 644. The molecule has 2 aromatic rings. The predicted molar refractivity (Wildman–Crippen MR) is 74.6 cm³/mol. The largest absolute Gasteiger partial charge is 0.478 e. The van der Waals surface area contributed by atoms with Gasteiger partial charge in [-0.15, -0.1) is 0 Å². The van der Waals surface area contributed by atoms with Gasteiger partial charge in [-0.2, -0.15) is 0 Å². The van der Waals surface area contributed by atoms with E-state index in [-0.39, 0.29) is 11.5 Å². The van der Waals surface area contributed by atoms with Crippen LogP contribution in [0.1, 0.15) is 16.1 Å². The first-order valence-corrected chi connectivity index (χ1v) is 5.91. The van der Waals surface area contributed by atoms with Gasteiger partial charge in [-0.3, -0.25) is 4.79 Å². The van der Waals surface area contributed by atoms with Gasteiger partial charge in [-0.05, 0) is 30.3 Å². The lowest BCUT2D eigenvalue weighted by atomic mass is 10.1. The number of rotatable bonds is 4. The lowest BCUT2D eigenvalue weighted by Gasteiger charge is -2.17. The fourth-order valence-corrected chi connectivity index (χ4v) is 1.72. The molecule has 1 heterocycles. The Morgan fingerprint density at radius 2 is 1.95 bits per heavy atom. The van der Waals surface area contributed by atoms with Crippen molar-refractivity contribution in [2.24, 2.45) is 0 Å². The van der Waals surface area contributed by atoms with Crippen LogP contribution in [0, 0.1) is 0 Å². The van der Waals surface area contributed by atoms with Crippen LogP contribution in [-0.2, 0) is 4.79 Å². The van der Waals surface area contributed by atoms with Gasteiger partial charge in [-0.25, -0.2) is 4.79 Å². The summed E-state index contributed by atoms with van der Waals surface area (Å²) in [6.07, 6.45) is 4.37. The summed E-state index contributed by atoms with van der Waals surface area (Å²) in [6.45, 7) is 0. The summed E-state index contributed by atoms with van der Waals surface area (Å²) in [6, 6.07) is 9.77. The SMILES string of the molecule is CN(C(=O)/C=C/c1ccco1)c1ccccc1C(=O)O. The highest BCUT2D eigenvalue weighted by molar-refractivity contribution is 6.07. The Hall–Kier alpha value is -2.82. The smallest absolute Gasteiger partial charge is 0.337 e. The normalized spacial score (nSPS) is 10.7. The number of aromatic carboxylic acids is 1. The average Bonchev–Trinajstić information content (AvgIpc) is 2.97. The maximum Gasteiger partial charge on any atom is 0.337 e. The van der Waals surface area contributed by atoms with E-state index in [2.05, 4.69) is 0 Å². The Morgan fingerprint density at radius 3 is 2.60 bits per heavy atom. The summed E-state index contributed by atoms with van der Waals surface area (Å²) in [5, 5.41) is 9.11. The number of likely N-dealkylation sites (N-methyl/N-ethyl adjacent to an activating group) is 1. The van der Waals surface area contributed by atoms with Gasteiger partial charge in [0.25, 0.3) is 5.91 Å². The van der Waals surface area contributed by atoms with Crippen molar-refractivity contribution in [3.8, 4) is 0 Å². The fourth-order valence-electron chi connectivity index (χ4n) is 1.72. The molecular weight excluding hydrogens is 258 g/mol. The minimum absolute atomic E-state index is 0.0785. The zero-order valence-corrected chi connectivity index (χ0v) is 10.8. The van der Waals surface area contributed by atoms with E-state index in [0.29, 0.717) is 11.4 Å². The molecule has 0 aliphatic carbocycles. The molecule has 0 fully saturated rings. The van der Waals surface area contributed by atoms with Gasteiger partial charge in [0.1, 0.15) is 5.76 Å². The molecule has 0 aliphatic rings. The lowest BCUT2D eigenvalue weighted by Crippen LogP contribution is -2.25. The van der Waals surface area contributed by atoms with Crippen LogP contribution in [0.3, 0.4) is 0 Å². The molecule has 0 saturated carbocycles. The number of hydrogen-bond donors (Lipinski definition) is 1. The first-order valence-electron chi connectivity index (χ1n) is 5.91. The molecule has 0 atom stereocenters. The highest BCUT2D eigenvalue weighted by Gasteiger charge is 2.15. The number of hydrogen-bond acceptors (Lipinski definition) is 3. The van der Waals surface area contributed by atoms with Crippen LogP contribution >= 0.6 is 0 Å². The van der Waals surface area contributed by atoms with Crippen LogP contribution in [0.2, 0.25) is 0 Å². The van der Waals surface area contributed by atoms with Gasteiger partial charge in [-0.1, -0.05) is 12.1 Å². The molecule has 0 aliphatic heterocycles. The van der Waals surface area contributed by atoms with E-state index in [1.807, 2.05) is 0 Å². The minimum atomic E-state index is -1.07. The third-order valence-corrected chi connectivity index (χ3v) is 2.76. The van der Waals surface area contributed by atoms with E-state index in [4.69, 9.17) is 9.52 Å². The monoisotopic (exact) mass is 271 g/mol. The van der Waals surface area contributed by atoms with E-state index in [1.54, 1.807) is 30.3 Å². The predicted octanol–water partition coefficient (Wildman–Crippen LogP) is 2.65. The van der Waals surface area contributed by atoms with Crippen molar-refractivity contribution in [2.45, 2.75) is 0 Å². The molecular formula is C15H13NO4. The van der Waals surface area contributed by atoms with Crippen LogP contribution in [-0.4, -0.2) is 24.0 Å². The first-order chi connectivity index (χ1) is 9.59. The summed E-state index contributed by atoms with van der Waals surface area (Å²) >= 11 is 0. The van der Waals surface area contributed by atoms with Gasteiger partial charge in [0, 0.05) is 13.1 Å². The molecule has 0 bridgehead atoms. The van der Waals surface area contributed by atoms with E-state index in [0.717, 1.165) is 0 Å². The van der Waals surface area contributed by atoms with Crippen molar-refractivity contribution in [2.75, 3.05) is 11.9 Å². The number of furan rings is 1. The number of carbonyl (C=O) groups excluding carboxylic acids is 1. The van der Waals surface area contributed by atoms with Crippen molar-refractivity contribution in [3.05, 3.63) is 60.1 Å². The molecule has 2 rings (SSSR count). The number of para-hydroxylation sites is 1. The van der Waals surface area contributed by atoms with Crippen LogP contribution in [0.15, 0.2) is 53.2 Å². The maximum atomic E-state index is 12.0. The lowest BCUT2D eigenvalue weighted by molar-refractivity contribution is -0.113. The molecule has 0 spiro atoms. The molecule has 0 radical (unpaired) electrons. The van der Waals surface area contributed by atoms with Gasteiger partial charge < -0.3 is 14.4 Å². The zero-order valence-electron chi connectivity index (χ0n) is 10.8. The summed E-state index contributed by atoms with van der Waals surface area (Å²) in [4.78, 5) is 24.4. The number of carbonyl (C=O) groups is 2. The van der Waals surface area contributed by atoms with Crippen molar-refractivity contribution in [1.82, 2.24) is 0 Å². The van der Waals surface area contributed by atoms with Gasteiger partial charge in [0.15, 0.2) is 0 Å². The highest BCUT2D eigenvalue weighted by Crippen LogP contribution is 2.19. The topological polar surface area (TPSA) is 70.8 Å². The summed E-state index contributed by atoms with van der Waals surface area (Å²) in [5.74, 6) is -0.858. The molecule has 1 aromatic carbocycles. The first kappa shape index (κ1) is 13.6. The van der Waals surface area contributed by atoms with Crippen LogP contribution in [0.25, 0.3) is 6.08 Å². The van der Waals surface area contributed by atoms with Crippen molar-refractivity contribution >= 4 is 23.6 Å². The summed E-state index contributed by atoms with van der Waals surface area (Å²) in [7, 11) is 1.52. The highest BCUT2D eigenvalue weighted by atomic mass is 16.4.